The average molecular weight is 735 g/mol. The Labute approximate surface area is 266 Å². The van der Waals surface area contributed by atoms with Crippen LogP contribution in [0, 0.1) is 5.41 Å². The molecule has 266 valence electrons. The van der Waals surface area contributed by atoms with Crippen molar-refractivity contribution in [1.82, 2.24) is 30.2 Å². The molecular formula is C21H36N7O16P3. The van der Waals surface area contributed by atoms with E-state index in [-0.39, 0.29) is 35.9 Å². The molecule has 0 bridgehead atoms. The number of carbonyl (C=O) groups is 2. The number of nitrogen functional groups attached to an aromatic ring is 1. The second-order valence-electron chi connectivity index (χ2n) is 10.7. The van der Waals surface area contributed by atoms with Gasteiger partial charge in [0.05, 0.1) is 19.5 Å². The first-order valence-electron chi connectivity index (χ1n) is 13.6. The van der Waals surface area contributed by atoms with Crippen molar-refractivity contribution in [3.63, 3.8) is 0 Å². The number of aliphatic hydroxyl groups is 2. The molecule has 1 saturated heterocycles. The third-order valence-electron chi connectivity index (χ3n) is 6.45. The fourth-order valence-electron chi connectivity index (χ4n) is 4.14. The lowest BCUT2D eigenvalue weighted by molar-refractivity contribution is -0.137. The monoisotopic (exact) mass is 735 g/mol. The van der Waals surface area contributed by atoms with Gasteiger partial charge in [-0.3, -0.25) is 27.7 Å². The highest BCUT2D eigenvalue weighted by Gasteiger charge is 2.50. The predicted molar refractivity (Wildman–Crippen MR) is 155 cm³/mol. The van der Waals surface area contributed by atoms with Gasteiger partial charge in [-0.2, -0.15) is 4.31 Å². The molecule has 0 aromatic carbocycles. The number of imidazole rings is 1. The van der Waals surface area contributed by atoms with Crippen LogP contribution in [0.15, 0.2) is 12.7 Å². The number of nitrogens with two attached hydrogens (primary N) is 1. The van der Waals surface area contributed by atoms with Crippen molar-refractivity contribution < 1.29 is 75.7 Å². The molecule has 3 heterocycles. The first-order valence-corrected chi connectivity index (χ1v) is 18.1. The fraction of sp³-hybridized carbons (Fsp3) is 0.667. The zero-order valence-electron chi connectivity index (χ0n) is 25.1. The third-order valence-corrected chi connectivity index (χ3v) is 9.55. The number of amides is 2. The molecular weight excluding hydrogens is 699 g/mol. The Morgan fingerprint density at radius 3 is 2.40 bits per heavy atom. The van der Waals surface area contributed by atoms with E-state index in [1.54, 1.807) is 6.92 Å². The molecule has 2 amide bonds. The van der Waals surface area contributed by atoms with Crippen LogP contribution in [-0.2, 0) is 45.9 Å². The number of anilines is 1. The molecule has 7 atom stereocenters. The van der Waals surface area contributed by atoms with Crippen LogP contribution in [0.4, 0.5) is 5.82 Å². The summed E-state index contributed by atoms with van der Waals surface area (Å²) in [6.07, 6.45) is -6.68. The maximum atomic E-state index is 12.6. The van der Waals surface area contributed by atoms with Crippen molar-refractivity contribution in [1.29, 1.82) is 0 Å². The minimum atomic E-state index is -5.53. The van der Waals surface area contributed by atoms with Crippen LogP contribution in [0.1, 0.15) is 33.4 Å². The SMILES string of the molecule is CCNC(=O)CCNC(=O)C(O)C(C)(C)COP(=O)(O)OP(=O)(O)OCC1OC(n2cnc3c(N)ncnc32)C(O)C1OP(=O)(O)O. The normalized spacial score (nSPS) is 23.6. The Morgan fingerprint density at radius 1 is 1.11 bits per heavy atom. The Hall–Kier alpha value is -2.46. The van der Waals surface area contributed by atoms with E-state index in [0.29, 0.717) is 6.54 Å². The summed E-state index contributed by atoms with van der Waals surface area (Å²) in [6.45, 7) is 2.54. The predicted octanol–water partition coefficient (Wildman–Crippen LogP) is -1.58. The molecule has 23 nitrogen and oxygen atoms in total. The number of nitrogens with one attached hydrogen (secondary N) is 2. The van der Waals surface area contributed by atoms with Crippen LogP contribution < -0.4 is 16.4 Å². The van der Waals surface area contributed by atoms with Gasteiger partial charge in [0, 0.05) is 24.9 Å². The molecule has 1 aliphatic heterocycles. The summed E-state index contributed by atoms with van der Waals surface area (Å²) in [5.74, 6) is -1.31. The topological polar surface area (TPSA) is 347 Å². The molecule has 2 aromatic rings. The Morgan fingerprint density at radius 2 is 1.77 bits per heavy atom. The summed E-state index contributed by atoms with van der Waals surface area (Å²) in [7, 11) is -16.3. The number of hydrogen-bond donors (Lipinski definition) is 9. The van der Waals surface area contributed by atoms with Gasteiger partial charge in [0.1, 0.15) is 36.3 Å². The third kappa shape index (κ3) is 10.8. The van der Waals surface area contributed by atoms with E-state index in [1.165, 1.54) is 13.8 Å². The highest BCUT2D eigenvalue weighted by Crippen LogP contribution is 2.61. The summed E-state index contributed by atoms with van der Waals surface area (Å²) in [5.41, 5.74) is 4.31. The minimum Gasteiger partial charge on any atom is -0.386 e. The molecule has 7 unspecified atom stereocenters. The van der Waals surface area contributed by atoms with Gasteiger partial charge in [0.15, 0.2) is 17.7 Å². The maximum Gasteiger partial charge on any atom is 0.481 e. The van der Waals surface area contributed by atoms with Crippen molar-refractivity contribution in [3.05, 3.63) is 12.7 Å². The number of fused-ring (bicyclic) bond motifs is 1. The summed E-state index contributed by atoms with van der Waals surface area (Å²) in [4.78, 5) is 74.4. The number of aromatic nitrogens is 4. The van der Waals surface area contributed by atoms with Crippen LogP contribution >= 0.6 is 23.5 Å². The second-order valence-corrected chi connectivity index (χ2v) is 14.9. The first kappa shape index (κ1) is 39.0. The van der Waals surface area contributed by atoms with Gasteiger partial charge in [-0.15, -0.1) is 0 Å². The van der Waals surface area contributed by atoms with Crippen LogP contribution in [0.2, 0.25) is 0 Å². The Balaban J connectivity index is 1.63. The van der Waals surface area contributed by atoms with E-state index in [0.717, 1.165) is 17.2 Å². The van der Waals surface area contributed by atoms with E-state index in [9.17, 15) is 53.1 Å². The van der Waals surface area contributed by atoms with Crippen LogP contribution in [0.5, 0.6) is 0 Å². The lowest BCUT2D eigenvalue weighted by Crippen LogP contribution is -2.46. The standard InChI is InChI=1S/C21H36N7O16P3/c1-4-23-12(29)5-6-24-19(32)16(31)21(2,3)8-41-47(38,39)44-46(36,37)40-7-11-15(43-45(33,34)35)14(30)20(42-11)28-10-27-13-17(22)25-9-26-18(13)28/h9-11,14-16,20,30-31H,4-8H2,1-3H3,(H,23,29)(H,24,32)(H,36,37)(H,38,39)(H2,22,25,26)(H2,33,34,35). The second kappa shape index (κ2) is 15.4. The number of phosphoric acid groups is 3. The molecule has 2 aromatic heterocycles. The number of rotatable bonds is 17. The molecule has 1 fully saturated rings. The van der Waals surface area contributed by atoms with Gasteiger partial charge in [-0.1, -0.05) is 13.8 Å². The number of nitrogens with zero attached hydrogens (tertiary/aromatic N) is 4. The first-order chi connectivity index (χ1) is 21.7. The number of phosphoric ester groups is 3. The van der Waals surface area contributed by atoms with Crippen molar-refractivity contribution in [3.8, 4) is 0 Å². The van der Waals surface area contributed by atoms with Gasteiger partial charge in [-0.25, -0.2) is 28.6 Å². The van der Waals surface area contributed by atoms with E-state index in [1.807, 2.05) is 0 Å². The highest BCUT2D eigenvalue weighted by atomic mass is 31.3. The summed E-state index contributed by atoms with van der Waals surface area (Å²) < 4.78 is 61.6. The van der Waals surface area contributed by atoms with E-state index in [2.05, 4.69) is 34.4 Å². The maximum absolute atomic E-state index is 12.6. The van der Waals surface area contributed by atoms with Crippen LogP contribution in [-0.4, -0.2) is 112 Å². The zero-order valence-corrected chi connectivity index (χ0v) is 27.7. The van der Waals surface area contributed by atoms with E-state index < -0.39 is 78.6 Å². The quantitative estimate of drug-likeness (QED) is 0.0828. The zero-order chi connectivity index (χ0) is 35.4. The molecule has 47 heavy (non-hydrogen) atoms. The number of ether oxygens (including phenoxy) is 1. The van der Waals surface area contributed by atoms with Gasteiger partial charge in [-0.05, 0) is 6.92 Å². The molecule has 3 rings (SSSR count). The van der Waals surface area contributed by atoms with Crippen LogP contribution in [0.3, 0.4) is 0 Å². The van der Waals surface area contributed by atoms with E-state index >= 15 is 0 Å². The molecule has 0 aliphatic carbocycles. The minimum absolute atomic E-state index is 0.0346. The largest absolute Gasteiger partial charge is 0.481 e. The van der Waals surface area contributed by atoms with Gasteiger partial charge >= 0.3 is 23.5 Å². The van der Waals surface area contributed by atoms with Gasteiger partial charge < -0.3 is 50.9 Å². The Kier molecular flexibility index (Phi) is 12.8. The van der Waals surface area contributed by atoms with Crippen LogP contribution in [0.25, 0.3) is 11.2 Å². The van der Waals surface area contributed by atoms with Crippen molar-refractivity contribution in [2.45, 2.75) is 57.8 Å². The molecule has 26 heteroatoms. The lowest BCUT2D eigenvalue weighted by Gasteiger charge is -2.30. The van der Waals surface area contributed by atoms with E-state index in [4.69, 9.17) is 19.5 Å². The summed E-state index contributed by atoms with van der Waals surface area (Å²) >= 11 is 0. The fourth-order valence-corrected chi connectivity index (χ4v) is 6.97. The summed E-state index contributed by atoms with van der Waals surface area (Å²) in [6, 6.07) is 0. The lowest BCUT2D eigenvalue weighted by atomic mass is 9.87. The molecule has 1 aliphatic rings. The molecule has 0 spiro atoms. The van der Waals surface area contributed by atoms with Crippen molar-refractivity contribution >= 4 is 52.3 Å². The summed E-state index contributed by atoms with van der Waals surface area (Å²) in [5, 5.41) is 26.0. The number of hydrogen-bond acceptors (Lipinski definition) is 16. The smallest absolute Gasteiger partial charge is 0.386 e. The molecule has 0 saturated carbocycles. The van der Waals surface area contributed by atoms with Gasteiger partial charge in [0.25, 0.3) is 0 Å². The molecule has 10 N–H and O–H groups in total. The Bertz CT molecular complexity index is 1570. The van der Waals surface area contributed by atoms with Crippen molar-refractivity contribution in [2.75, 3.05) is 32.0 Å². The van der Waals surface area contributed by atoms with Gasteiger partial charge in [0.2, 0.25) is 11.8 Å². The van der Waals surface area contributed by atoms with Crippen molar-refractivity contribution in [2.24, 2.45) is 5.41 Å². The number of aliphatic hydroxyl groups excluding tert-OH is 2. The average Bonchev–Trinajstić information content (AvgIpc) is 3.51. The number of carbonyl (C=O) groups excluding carboxylic acids is 2. The highest BCUT2D eigenvalue weighted by molar-refractivity contribution is 7.61. The molecule has 0 radical (unpaired) electrons.